The van der Waals surface area contributed by atoms with Crippen molar-refractivity contribution in [3.05, 3.63) is 0 Å². The average Bonchev–Trinajstić information content (AvgIpc) is 2.66. The minimum absolute atomic E-state index is 0.113. The molecular weight excluding hydrogens is 279 g/mol. The molecule has 2 rings (SSSR count). The first-order valence-corrected chi connectivity index (χ1v) is 8.59. The number of sulfone groups is 1. The Hall–Kier alpha value is -0.300. The summed E-state index contributed by atoms with van der Waals surface area (Å²) in [6, 6.07) is 0.113. The second kappa shape index (κ2) is 5.60. The van der Waals surface area contributed by atoms with Crippen LogP contribution in [-0.4, -0.2) is 38.7 Å². The molecule has 0 aromatic rings. The van der Waals surface area contributed by atoms with Gasteiger partial charge < -0.3 is 5.32 Å². The van der Waals surface area contributed by atoms with Crippen molar-refractivity contribution in [2.45, 2.75) is 44.3 Å². The fourth-order valence-electron chi connectivity index (χ4n) is 2.99. The molecule has 112 valence electrons. The van der Waals surface area contributed by atoms with Gasteiger partial charge in [-0.3, -0.25) is 0 Å². The Labute approximate surface area is 111 Å². The molecule has 1 saturated heterocycles. The number of alkyl halides is 3. The van der Waals surface area contributed by atoms with Crippen LogP contribution in [0.25, 0.3) is 0 Å². The van der Waals surface area contributed by atoms with Crippen molar-refractivity contribution in [2.75, 3.05) is 18.1 Å². The van der Waals surface area contributed by atoms with Gasteiger partial charge >= 0.3 is 6.18 Å². The van der Waals surface area contributed by atoms with E-state index in [1.165, 1.54) is 0 Å². The fourth-order valence-corrected chi connectivity index (χ4v) is 4.85. The van der Waals surface area contributed by atoms with Gasteiger partial charge in [0.05, 0.1) is 17.4 Å². The van der Waals surface area contributed by atoms with Crippen molar-refractivity contribution in [3.63, 3.8) is 0 Å². The van der Waals surface area contributed by atoms with Crippen LogP contribution in [0.4, 0.5) is 13.2 Å². The predicted molar refractivity (Wildman–Crippen MR) is 66.6 cm³/mol. The lowest BCUT2D eigenvalue weighted by Crippen LogP contribution is -2.39. The van der Waals surface area contributed by atoms with Crippen molar-refractivity contribution < 1.29 is 21.6 Å². The molecule has 0 aromatic carbocycles. The summed E-state index contributed by atoms with van der Waals surface area (Å²) in [6.07, 6.45) is -1.96. The zero-order chi connectivity index (χ0) is 14.1. The molecule has 1 aliphatic heterocycles. The monoisotopic (exact) mass is 299 g/mol. The van der Waals surface area contributed by atoms with Crippen LogP contribution in [0.5, 0.6) is 0 Å². The molecule has 0 aromatic heterocycles. The summed E-state index contributed by atoms with van der Waals surface area (Å²) >= 11 is 0. The Balaban J connectivity index is 1.69. The molecule has 0 radical (unpaired) electrons. The lowest BCUT2D eigenvalue weighted by molar-refractivity contribution is -0.182. The highest BCUT2D eigenvalue weighted by Gasteiger charge is 2.41. The van der Waals surface area contributed by atoms with Crippen molar-refractivity contribution in [3.8, 4) is 0 Å². The van der Waals surface area contributed by atoms with Crippen LogP contribution in [-0.2, 0) is 9.84 Å². The number of nitrogens with one attached hydrogen (secondary N) is 1. The molecule has 1 aliphatic carbocycles. The molecule has 0 bridgehead atoms. The van der Waals surface area contributed by atoms with E-state index in [1.54, 1.807) is 0 Å². The lowest BCUT2D eigenvalue weighted by Gasteiger charge is -2.31. The van der Waals surface area contributed by atoms with E-state index in [-0.39, 0.29) is 36.3 Å². The van der Waals surface area contributed by atoms with E-state index >= 15 is 0 Å². The van der Waals surface area contributed by atoms with Gasteiger partial charge in [0.15, 0.2) is 9.84 Å². The first-order chi connectivity index (χ1) is 8.76. The van der Waals surface area contributed by atoms with Crippen LogP contribution in [0.1, 0.15) is 32.1 Å². The topological polar surface area (TPSA) is 46.2 Å². The number of rotatable bonds is 3. The standard InChI is InChI=1S/C12H20F3NO2S/c13-12(14,15)10-1-3-11(4-2-10)16-7-9-5-6-19(17,18)8-9/h9-11,16H,1-8H2. The molecule has 0 amide bonds. The van der Waals surface area contributed by atoms with Gasteiger partial charge in [-0.2, -0.15) is 13.2 Å². The van der Waals surface area contributed by atoms with E-state index in [4.69, 9.17) is 0 Å². The maximum Gasteiger partial charge on any atom is 0.391 e. The molecule has 1 saturated carbocycles. The smallest absolute Gasteiger partial charge is 0.314 e. The lowest BCUT2D eigenvalue weighted by atomic mass is 9.85. The first-order valence-electron chi connectivity index (χ1n) is 6.77. The summed E-state index contributed by atoms with van der Waals surface area (Å²) in [5.74, 6) is -0.555. The van der Waals surface area contributed by atoms with Gasteiger partial charge in [0.1, 0.15) is 0 Å². The quantitative estimate of drug-likeness (QED) is 0.868. The van der Waals surface area contributed by atoms with Gasteiger partial charge in [-0.1, -0.05) is 0 Å². The summed E-state index contributed by atoms with van der Waals surface area (Å²) in [5, 5.41) is 3.24. The minimum atomic E-state index is -4.06. The second-order valence-corrected chi connectivity index (χ2v) is 8.00. The summed E-state index contributed by atoms with van der Waals surface area (Å²) in [4.78, 5) is 0. The molecule has 1 N–H and O–H groups in total. The molecule has 3 nitrogen and oxygen atoms in total. The van der Waals surface area contributed by atoms with Gasteiger partial charge in [0, 0.05) is 6.04 Å². The Bertz CT molecular complexity index is 400. The average molecular weight is 299 g/mol. The van der Waals surface area contributed by atoms with E-state index < -0.39 is 21.9 Å². The van der Waals surface area contributed by atoms with Gasteiger partial charge in [-0.05, 0) is 44.6 Å². The van der Waals surface area contributed by atoms with Crippen LogP contribution in [0, 0.1) is 11.8 Å². The summed E-state index contributed by atoms with van der Waals surface area (Å²) < 4.78 is 60.1. The van der Waals surface area contributed by atoms with Crippen molar-refractivity contribution in [1.82, 2.24) is 5.32 Å². The molecular formula is C12H20F3NO2S. The zero-order valence-corrected chi connectivity index (χ0v) is 11.6. The third-order valence-corrected chi connectivity index (χ3v) is 6.05. The maximum atomic E-state index is 12.5. The minimum Gasteiger partial charge on any atom is -0.314 e. The van der Waals surface area contributed by atoms with Crippen LogP contribution < -0.4 is 5.32 Å². The molecule has 0 spiro atoms. The molecule has 19 heavy (non-hydrogen) atoms. The molecule has 1 unspecified atom stereocenters. The van der Waals surface area contributed by atoms with E-state index in [0.717, 1.165) is 0 Å². The van der Waals surface area contributed by atoms with Gasteiger partial charge in [0.2, 0.25) is 0 Å². The fraction of sp³-hybridized carbons (Fsp3) is 1.00. The summed E-state index contributed by atoms with van der Waals surface area (Å²) in [5.41, 5.74) is 0. The highest BCUT2D eigenvalue weighted by atomic mass is 32.2. The van der Waals surface area contributed by atoms with E-state index in [9.17, 15) is 21.6 Å². The maximum absolute atomic E-state index is 12.5. The zero-order valence-electron chi connectivity index (χ0n) is 10.7. The van der Waals surface area contributed by atoms with Gasteiger partial charge in [-0.15, -0.1) is 0 Å². The van der Waals surface area contributed by atoms with E-state index in [2.05, 4.69) is 5.32 Å². The van der Waals surface area contributed by atoms with Crippen LogP contribution in [0.3, 0.4) is 0 Å². The third kappa shape index (κ3) is 4.34. The van der Waals surface area contributed by atoms with E-state index in [0.29, 0.717) is 25.8 Å². The highest BCUT2D eigenvalue weighted by Crippen LogP contribution is 2.37. The highest BCUT2D eigenvalue weighted by molar-refractivity contribution is 7.91. The van der Waals surface area contributed by atoms with E-state index in [1.807, 2.05) is 0 Å². The van der Waals surface area contributed by atoms with Crippen molar-refractivity contribution >= 4 is 9.84 Å². The van der Waals surface area contributed by atoms with Crippen molar-refractivity contribution in [1.29, 1.82) is 0 Å². The van der Waals surface area contributed by atoms with Crippen LogP contribution in [0.15, 0.2) is 0 Å². The second-order valence-electron chi connectivity index (χ2n) is 5.77. The molecule has 1 heterocycles. The van der Waals surface area contributed by atoms with Crippen LogP contribution in [0.2, 0.25) is 0 Å². The normalized spacial score (nSPS) is 35.4. The number of hydrogen-bond acceptors (Lipinski definition) is 3. The van der Waals surface area contributed by atoms with Crippen LogP contribution >= 0.6 is 0 Å². The Morgan fingerprint density at radius 3 is 2.16 bits per heavy atom. The Morgan fingerprint density at radius 1 is 1.05 bits per heavy atom. The summed E-state index contributed by atoms with van der Waals surface area (Å²) in [7, 11) is -2.87. The first kappa shape index (κ1) is 15.1. The van der Waals surface area contributed by atoms with Crippen molar-refractivity contribution in [2.24, 2.45) is 11.8 Å². The Morgan fingerprint density at radius 2 is 1.68 bits per heavy atom. The third-order valence-electron chi connectivity index (χ3n) is 4.21. The SMILES string of the molecule is O=S1(=O)CCC(CNC2CCC(C(F)(F)F)CC2)C1. The molecule has 2 aliphatic rings. The predicted octanol–water partition coefficient (Wildman–Crippen LogP) is 2.13. The summed E-state index contributed by atoms with van der Waals surface area (Å²) in [6.45, 7) is 0.612. The number of hydrogen-bond donors (Lipinski definition) is 1. The van der Waals surface area contributed by atoms with Gasteiger partial charge in [0.25, 0.3) is 0 Å². The van der Waals surface area contributed by atoms with Gasteiger partial charge in [-0.25, -0.2) is 8.42 Å². The molecule has 7 heteroatoms. The molecule has 2 fully saturated rings. The Kier molecular flexibility index (Phi) is 4.45. The largest absolute Gasteiger partial charge is 0.391 e. The molecule has 1 atom stereocenters. The number of halogens is 3.